The Labute approximate surface area is 162 Å². The lowest BCUT2D eigenvalue weighted by Crippen LogP contribution is -2.24. The molecule has 1 heterocycles. The zero-order valence-corrected chi connectivity index (χ0v) is 15.9. The van der Waals surface area contributed by atoms with Gasteiger partial charge in [-0.1, -0.05) is 26.0 Å². The van der Waals surface area contributed by atoms with E-state index in [0.29, 0.717) is 16.8 Å². The fourth-order valence-corrected chi connectivity index (χ4v) is 2.83. The highest BCUT2D eigenvalue weighted by Gasteiger charge is 2.33. The van der Waals surface area contributed by atoms with Crippen molar-refractivity contribution in [1.29, 1.82) is 0 Å². The summed E-state index contributed by atoms with van der Waals surface area (Å²) in [5.74, 6) is -1.34. The summed E-state index contributed by atoms with van der Waals surface area (Å²) in [6.45, 7) is 3.88. The van der Waals surface area contributed by atoms with Crippen LogP contribution in [0.25, 0.3) is 0 Å². The molecule has 0 atom stereocenters. The lowest BCUT2D eigenvalue weighted by molar-refractivity contribution is -0.118. The summed E-state index contributed by atoms with van der Waals surface area (Å²) in [4.78, 5) is 49.3. The molecule has 2 aromatic rings. The van der Waals surface area contributed by atoms with Crippen LogP contribution in [-0.2, 0) is 11.3 Å². The summed E-state index contributed by atoms with van der Waals surface area (Å²) < 4.78 is 0. The van der Waals surface area contributed by atoms with E-state index in [2.05, 4.69) is 10.6 Å². The Morgan fingerprint density at radius 2 is 1.71 bits per heavy atom. The van der Waals surface area contributed by atoms with E-state index in [-0.39, 0.29) is 35.7 Å². The summed E-state index contributed by atoms with van der Waals surface area (Å²) in [6.07, 6.45) is 0. The van der Waals surface area contributed by atoms with Crippen molar-refractivity contribution in [2.45, 2.75) is 20.4 Å². The van der Waals surface area contributed by atoms with E-state index in [1.807, 2.05) is 19.9 Å². The van der Waals surface area contributed by atoms with E-state index in [0.717, 1.165) is 10.5 Å². The fourth-order valence-electron chi connectivity index (χ4n) is 2.83. The Morgan fingerprint density at radius 1 is 1.00 bits per heavy atom. The maximum Gasteiger partial charge on any atom is 0.261 e. The number of carbonyl (C=O) groups excluding carboxylic acids is 4. The number of rotatable bonds is 5. The highest BCUT2D eigenvalue weighted by atomic mass is 16.2. The number of amides is 4. The van der Waals surface area contributed by atoms with E-state index in [4.69, 9.17) is 0 Å². The monoisotopic (exact) mass is 379 g/mol. The van der Waals surface area contributed by atoms with E-state index in [9.17, 15) is 19.2 Å². The summed E-state index contributed by atoms with van der Waals surface area (Å²) in [6, 6.07) is 11.7. The molecule has 0 spiro atoms. The smallest absolute Gasteiger partial charge is 0.261 e. The Bertz CT molecular complexity index is 981. The van der Waals surface area contributed by atoms with Gasteiger partial charge in [0, 0.05) is 30.8 Å². The highest BCUT2D eigenvalue weighted by Crippen LogP contribution is 2.22. The van der Waals surface area contributed by atoms with Crippen LogP contribution in [0.3, 0.4) is 0 Å². The van der Waals surface area contributed by atoms with Crippen molar-refractivity contribution in [3.8, 4) is 0 Å². The van der Waals surface area contributed by atoms with Crippen LogP contribution in [0.1, 0.15) is 50.5 Å². The van der Waals surface area contributed by atoms with Crippen LogP contribution in [0.5, 0.6) is 0 Å². The second-order valence-corrected chi connectivity index (χ2v) is 6.96. The van der Waals surface area contributed by atoms with Gasteiger partial charge in [0.15, 0.2) is 0 Å². The van der Waals surface area contributed by atoms with Gasteiger partial charge in [0.2, 0.25) is 5.91 Å². The molecule has 2 aromatic carbocycles. The third-order valence-electron chi connectivity index (χ3n) is 4.52. The highest BCUT2D eigenvalue weighted by molar-refractivity contribution is 6.21. The normalized spacial score (nSPS) is 12.9. The molecule has 0 fully saturated rings. The average molecular weight is 379 g/mol. The van der Waals surface area contributed by atoms with Crippen molar-refractivity contribution in [3.05, 3.63) is 64.7 Å². The number of nitrogens with one attached hydrogen (secondary N) is 2. The van der Waals surface area contributed by atoms with Gasteiger partial charge >= 0.3 is 0 Å². The SMILES string of the molecule is CC(C)C(=O)Nc1cccc(CNC(=O)c2ccc3c(c2)C(=O)N(C)C3=O)c1. The number of anilines is 1. The Balaban J connectivity index is 1.68. The van der Waals surface area contributed by atoms with Crippen molar-refractivity contribution in [2.24, 2.45) is 5.92 Å². The molecular formula is C21H21N3O4. The predicted molar refractivity (Wildman–Crippen MR) is 104 cm³/mol. The van der Waals surface area contributed by atoms with Crippen LogP contribution in [0.4, 0.5) is 5.69 Å². The standard InChI is InChI=1S/C21H21N3O4/c1-12(2)18(25)23-15-6-4-5-13(9-15)11-22-19(26)14-7-8-16-17(10-14)21(28)24(3)20(16)27/h4-10,12H,11H2,1-3H3,(H,22,26)(H,23,25). The first-order valence-electron chi connectivity index (χ1n) is 8.92. The molecular weight excluding hydrogens is 358 g/mol. The van der Waals surface area contributed by atoms with Gasteiger partial charge in [-0.15, -0.1) is 0 Å². The molecule has 4 amide bonds. The van der Waals surface area contributed by atoms with Gasteiger partial charge in [0.05, 0.1) is 11.1 Å². The molecule has 1 aliphatic rings. The van der Waals surface area contributed by atoms with Crippen molar-refractivity contribution < 1.29 is 19.2 Å². The van der Waals surface area contributed by atoms with Gasteiger partial charge in [-0.25, -0.2) is 0 Å². The Morgan fingerprint density at radius 3 is 2.43 bits per heavy atom. The van der Waals surface area contributed by atoms with Crippen LogP contribution in [0, 0.1) is 5.92 Å². The zero-order chi connectivity index (χ0) is 20.4. The van der Waals surface area contributed by atoms with E-state index in [1.54, 1.807) is 18.2 Å². The van der Waals surface area contributed by atoms with Crippen LogP contribution < -0.4 is 10.6 Å². The minimum atomic E-state index is -0.414. The van der Waals surface area contributed by atoms with Crippen molar-refractivity contribution in [1.82, 2.24) is 10.2 Å². The molecule has 0 bridgehead atoms. The number of hydrogen-bond acceptors (Lipinski definition) is 4. The molecule has 144 valence electrons. The molecule has 1 aliphatic heterocycles. The van der Waals surface area contributed by atoms with E-state index in [1.165, 1.54) is 25.2 Å². The van der Waals surface area contributed by atoms with Crippen LogP contribution in [-0.4, -0.2) is 35.6 Å². The summed E-state index contributed by atoms with van der Waals surface area (Å²) in [5.41, 5.74) is 2.33. The van der Waals surface area contributed by atoms with Gasteiger partial charge in [-0.05, 0) is 35.9 Å². The second kappa shape index (κ2) is 7.64. The number of carbonyl (C=O) groups is 4. The number of fused-ring (bicyclic) bond motifs is 1. The zero-order valence-electron chi connectivity index (χ0n) is 15.9. The van der Waals surface area contributed by atoms with Gasteiger partial charge in [0.1, 0.15) is 0 Å². The number of hydrogen-bond donors (Lipinski definition) is 2. The molecule has 2 N–H and O–H groups in total. The van der Waals surface area contributed by atoms with Crippen molar-refractivity contribution in [2.75, 3.05) is 12.4 Å². The molecule has 0 radical (unpaired) electrons. The van der Waals surface area contributed by atoms with Crippen LogP contribution >= 0.6 is 0 Å². The van der Waals surface area contributed by atoms with Gasteiger partial charge in [0.25, 0.3) is 17.7 Å². The summed E-state index contributed by atoms with van der Waals surface area (Å²) in [7, 11) is 1.41. The predicted octanol–water partition coefficient (Wildman–Crippen LogP) is 2.44. The van der Waals surface area contributed by atoms with Gasteiger partial charge in [-0.2, -0.15) is 0 Å². The maximum atomic E-state index is 12.4. The Hall–Kier alpha value is -3.48. The number of imide groups is 1. The molecule has 0 aromatic heterocycles. The van der Waals surface area contributed by atoms with Crippen LogP contribution in [0.15, 0.2) is 42.5 Å². The maximum absolute atomic E-state index is 12.4. The minimum Gasteiger partial charge on any atom is -0.348 e. The molecule has 7 heteroatoms. The number of nitrogens with zero attached hydrogens (tertiary/aromatic N) is 1. The van der Waals surface area contributed by atoms with Crippen molar-refractivity contribution >= 4 is 29.3 Å². The summed E-state index contributed by atoms with van der Waals surface area (Å²) in [5, 5.41) is 5.60. The van der Waals surface area contributed by atoms with Crippen LogP contribution in [0.2, 0.25) is 0 Å². The molecule has 3 rings (SSSR count). The first-order chi connectivity index (χ1) is 13.3. The van der Waals surface area contributed by atoms with E-state index >= 15 is 0 Å². The van der Waals surface area contributed by atoms with Gasteiger partial charge < -0.3 is 10.6 Å². The molecule has 0 aliphatic carbocycles. The minimum absolute atomic E-state index is 0.0801. The largest absolute Gasteiger partial charge is 0.348 e. The summed E-state index contributed by atoms with van der Waals surface area (Å²) >= 11 is 0. The Kier molecular flexibility index (Phi) is 5.26. The molecule has 0 unspecified atom stereocenters. The molecule has 28 heavy (non-hydrogen) atoms. The topological polar surface area (TPSA) is 95.6 Å². The molecule has 7 nitrogen and oxygen atoms in total. The molecule has 0 saturated heterocycles. The molecule has 0 saturated carbocycles. The second-order valence-electron chi connectivity index (χ2n) is 6.96. The first-order valence-corrected chi connectivity index (χ1v) is 8.92. The number of benzene rings is 2. The lowest BCUT2D eigenvalue weighted by Gasteiger charge is -2.10. The third kappa shape index (κ3) is 3.78. The first kappa shape index (κ1) is 19.3. The lowest BCUT2D eigenvalue weighted by atomic mass is 10.1. The third-order valence-corrected chi connectivity index (χ3v) is 4.52. The van der Waals surface area contributed by atoms with Crippen molar-refractivity contribution in [3.63, 3.8) is 0 Å². The van der Waals surface area contributed by atoms with Gasteiger partial charge in [-0.3, -0.25) is 24.1 Å². The fraction of sp³-hybridized carbons (Fsp3) is 0.238. The average Bonchev–Trinajstić information content (AvgIpc) is 2.90. The van der Waals surface area contributed by atoms with E-state index < -0.39 is 5.91 Å². The quantitative estimate of drug-likeness (QED) is 0.780.